The Morgan fingerprint density at radius 1 is 1.37 bits per heavy atom. The molecule has 1 aliphatic carbocycles. The van der Waals surface area contributed by atoms with Gasteiger partial charge in [0.1, 0.15) is 0 Å². The Morgan fingerprint density at radius 3 is 2.47 bits per heavy atom. The van der Waals surface area contributed by atoms with E-state index in [1.165, 1.54) is 12.1 Å². The van der Waals surface area contributed by atoms with Gasteiger partial charge in [-0.25, -0.2) is 0 Å². The van der Waals surface area contributed by atoms with Crippen molar-refractivity contribution in [3.05, 3.63) is 29.8 Å². The average molecular weight is 288 g/mol. The number of hydrogen-bond acceptors (Lipinski definition) is 2. The Kier molecular flexibility index (Phi) is 3.25. The van der Waals surface area contributed by atoms with E-state index < -0.39 is 23.1 Å². The first-order valence-corrected chi connectivity index (χ1v) is 5.95. The zero-order valence-corrected chi connectivity index (χ0v) is 10.6. The summed E-state index contributed by atoms with van der Waals surface area (Å²) in [5, 5.41) is 2.43. The number of nitrogens with two attached hydrogens (primary N) is 1. The van der Waals surface area contributed by atoms with Crippen LogP contribution in [0.2, 0.25) is 0 Å². The first-order valence-electron chi connectivity index (χ1n) is 5.54. The van der Waals surface area contributed by atoms with Crippen molar-refractivity contribution >= 4 is 28.8 Å². The van der Waals surface area contributed by atoms with Gasteiger partial charge >= 0.3 is 6.18 Å². The van der Waals surface area contributed by atoms with Crippen molar-refractivity contribution < 1.29 is 18.0 Å². The maximum Gasteiger partial charge on any atom is 0.416 e. The zero-order chi connectivity index (χ0) is 14.3. The minimum absolute atomic E-state index is 0.0805. The van der Waals surface area contributed by atoms with Crippen molar-refractivity contribution in [2.24, 2.45) is 11.1 Å². The molecule has 1 fully saturated rings. The van der Waals surface area contributed by atoms with Gasteiger partial charge in [-0.15, -0.1) is 0 Å². The molecule has 1 saturated carbocycles. The Bertz CT molecular complexity index is 538. The molecule has 0 heterocycles. The number of carbonyl (C=O) groups excluding carboxylic acids is 1. The van der Waals surface area contributed by atoms with Crippen molar-refractivity contribution in [2.75, 3.05) is 5.32 Å². The molecule has 0 spiro atoms. The molecule has 0 radical (unpaired) electrons. The van der Waals surface area contributed by atoms with Crippen LogP contribution < -0.4 is 11.1 Å². The maximum absolute atomic E-state index is 12.5. The summed E-state index contributed by atoms with van der Waals surface area (Å²) >= 11 is 4.81. The number of anilines is 1. The van der Waals surface area contributed by atoms with E-state index in [-0.39, 0.29) is 10.7 Å². The molecule has 3 N–H and O–H groups in total. The monoisotopic (exact) mass is 288 g/mol. The van der Waals surface area contributed by atoms with E-state index >= 15 is 0 Å². The van der Waals surface area contributed by atoms with Gasteiger partial charge < -0.3 is 11.1 Å². The first-order chi connectivity index (χ1) is 8.75. The minimum atomic E-state index is -4.44. The lowest BCUT2D eigenvalue weighted by Gasteiger charge is -2.14. The van der Waals surface area contributed by atoms with Gasteiger partial charge in [-0.1, -0.05) is 18.3 Å². The van der Waals surface area contributed by atoms with Crippen LogP contribution in [0.15, 0.2) is 24.3 Å². The number of benzene rings is 1. The highest BCUT2D eigenvalue weighted by atomic mass is 32.1. The van der Waals surface area contributed by atoms with Gasteiger partial charge in [0.25, 0.3) is 0 Å². The molecule has 7 heteroatoms. The largest absolute Gasteiger partial charge is 0.416 e. The fourth-order valence-electron chi connectivity index (χ4n) is 1.73. The second-order valence-corrected chi connectivity index (χ2v) is 4.92. The summed E-state index contributed by atoms with van der Waals surface area (Å²) in [7, 11) is 0. The van der Waals surface area contributed by atoms with Crippen molar-refractivity contribution in [2.45, 2.75) is 19.0 Å². The van der Waals surface area contributed by atoms with Gasteiger partial charge in [-0.05, 0) is 31.0 Å². The summed E-state index contributed by atoms with van der Waals surface area (Å²) < 4.78 is 37.6. The van der Waals surface area contributed by atoms with Crippen molar-refractivity contribution in [1.82, 2.24) is 0 Å². The van der Waals surface area contributed by atoms with E-state index in [1.807, 2.05) is 0 Å². The molecule has 102 valence electrons. The standard InChI is InChI=1S/C12H11F3N2OS/c13-12(14,15)7-2-1-3-8(6-7)17-10(18)11(4-5-11)9(16)19/h1-3,6H,4-5H2,(H2,16,19)(H,17,18). The molecular weight excluding hydrogens is 277 g/mol. The molecule has 0 bridgehead atoms. The number of halogens is 3. The number of carbonyl (C=O) groups is 1. The second-order valence-electron chi connectivity index (χ2n) is 4.48. The third-order valence-electron chi connectivity index (χ3n) is 3.10. The molecule has 3 nitrogen and oxygen atoms in total. The topological polar surface area (TPSA) is 55.1 Å². The smallest absolute Gasteiger partial charge is 0.392 e. The fraction of sp³-hybridized carbons (Fsp3) is 0.333. The fourth-order valence-corrected chi connectivity index (χ4v) is 2.03. The van der Waals surface area contributed by atoms with E-state index in [2.05, 4.69) is 5.32 Å². The van der Waals surface area contributed by atoms with E-state index in [1.54, 1.807) is 0 Å². The molecular formula is C12H11F3N2OS. The number of amides is 1. The Labute approximate surface area is 113 Å². The minimum Gasteiger partial charge on any atom is -0.392 e. The molecule has 1 aromatic rings. The predicted octanol–water partition coefficient (Wildman–Crippen LogP) is 2.71. The predicted molar refractivity (Wildman–Crippen MR) is 68.5 cm³/mol. The van der Waals surface area contributed by atoms with Gasteiger partial charge in [-0.2, -0.15) is 13.2 Å². The van der Waals surface area contributed by atoms with E-state index in [0.717, 1.165) is 12.1 Å². The molecule has 19 heavy (non-hydrogen) atoms. The highest BCUT2D eigenvalue weighted by molar-refractivity contribution is 7.80. The summed E-state index contributed by atoms with van der Waals surface area (Å²) in [5.74, 6) is -0.445. The quantitative estimate of drug-likeness (QED) is 0.841. The number of rotatable bonds is 3. The van der Waals surface area contributed by atoms with Crippen LogP contribution in [-0.4, -0.2) is 10.9 Å². The summed E-state index contributed by atoms with van der Waals surface area (Å²) in [6.07, 6.45) is -3.37. The maximum atomic E-state index is 12.5. The van der Waals surface area contributed by atoms with Gasteiger partial charge in [0.2, 0.25) is 5.91 Å². The SMILES string of the molecule is NC(=S)C1(C(=O)Nc2cccc(C(F)(F)F)c2)CC1. The van der Waals surface area contributed by atoms with Crippen LogP contribution in [0.4, 0.5) is 18.9 Å². The molecule has 0 saturated heterocycles. The molecule has 0 aliphatic heterocycles. The van der Waals surface area contributed by atoms with Gasteiger partial charge in [-0.3, -0.25) is 4.79 Å². The molecule has 0 atom stereocenters. The zero-order valence-electron chi connectivity index (χ0n) is 9.75. The Balaban J connectivity index is 2.17. The summed E-state index contributed by atoms with van der Waals surface area (Å²) in [5.41, 5.74) is 3.86. The lowest BCUT2D eigenvalue weighted by Crippen LogP contribution is -2.35. The van der Waals surface area contributed by atoms with Gasteiger partial charge in [0.05, 0.1) is 16.0 Å². The molecule has 1 amide bonds. The van der Waals surface area contributed by atoms with Crippen LogP contribution in [-0.2, 0) is 11.0 Å². The normalized spacial score (nSPS) is 16.8. The molecule has 1 aliphatic rings. The molecule has 2 rings (SSSR count). The van der Waals surface area contributed by atoms with E-state index in [9.17, 15) is 18.0 Å². The van der Waals surface area contributed by atoms with Gasteiger partial charge in [0, 0.05) is 5.69 Å². The van der Waals surface area contributed by atoms with E-state index in [4.69, 9.17) is 18.0 Å². The van der Waals surface area contributed by atoms with Crippen LogP contribution in [0, 0.1) is 5.41 Å². The van der Waals surface area contributed by atoms with Crippen molar-refractivity contribution in [3.8, 4) is 0 Å². The highest BCUT2D eigenvalue weighted by Crippen LogP contribution is 2.47. The number of thiocarbonyl (C=S) groups is 1. The first kappa shape index (κ1) is 13.8. The molecule has 0 aromatic heterocycles. The van der Waals surface area contributed by atoms with Crippen LogP contribution in [0.5, 0.6) is 0 Å². The van der Waals surface area contributed by atoms with Crippen LogP contribution >= 0.6 is 12.2 Å². The Morgan fingerprint density at radius 2 is 2.00 bits per heavy atom. The third kappa shape index (κ3) is 2.70. The lowest BCUT2D eigenvalue weighted by molar-refractivity contribution is -0.137. The number of hydrogen-bond donors (Lipinski definition) is 2. The number of alkyl halides is 3. The summed E-state index contributed by atoms with van der Waals surface area (Å²) in [4.78, 5) is 12.0. The van der Waals surface area contributed by atoms with Crippen molar-refractivity contribution in [3.63, 3.8) is 0 Å². The van der Waals surface area contributed by atoms with Crippen LogP contribution in [0.1, 0.15) is 18.4 Å². The average Bonchev–Trinajstić information content (AvgIpc) is 3.09. The van der Waals surface area contributed by atoms with Gasteiger partial charge in [0.15, 0.2) is 0 Å². The van der Waals surface area contributed by atoms with Crippen LogP contribution in [0.25, 0.3) is 0 Å². The highest BCUT2D eigenvalue weighted by Gasteiger charge is 2.52. The van der Waals surface area contributed by atoms with Crippen LogP contribution in [0.3, 0.4) is 0 Å². The molecule has 1 aromatic carbocycles. The summed E-state index contributed by atoms with van der Waals surface area (Å²) in [6, 6.07) is 4.45. The molecule has 0 unspecified atom stereocenters. The van der Waals surface area contributed by atoms with E-state index in [0.29, 0.717) is 12.8 Å². The van der Waals surface area contributed by atoms with Crippen molar-refractivity contribution in [1.29, 1.82) is 0 Å². The lowest BCUT2D eigenvalue weighted by atomic mass is 10.1. The second kappa shape index (κ2) is 4.48. The Hall–Kier alpha value is -1.63. The third-order valence-corrected chi connectivity index (χ3v) is 3.49. The number of nitrogens with one attached hydrogen (secondary N) is 1. The summed E-state index contributed by atoms with van der Waals surface area (Å²) in [6.45, 7) is 0.